The maximum absolute atomic E-state index is 2.36. The Labute approximate surface area is 193 Å². The van der Waals surface area contributed by atoms with Crippen LogP contribution < -0.4 is 0 Å². The van der Waals surface area contributed by atoms with Crippen LogP contribution in [0.4, 0.5) is 0 Å². The molecule has 0 aromatic carbocycles. The van der Waals surface area contributed by atoms with Gasteiger partial charge in [0.05, 0.1) is 0 Å². The molecule has 0 aliphatic carbocycles. The molecule has 0 fully saturated rings. The standard InChI is InChI=1S/C30H62/c1-5-9-13-16-19-23-27-29(24-20-12-8-4)28-30(25-21-17-14-10-6-2)26-22-18-15-11-7-3/h29-30H,5-28H2,1-4H3. The van der Waals surface area contributed by atoms with E-state index in [-0.39, 0.29) is 0 Å². The van der Waals surface area contributed by atoms with Crippen LogP contribution in [0.15, 0.2) is 0 Å². The molecule has 182 valence electrons. The molecule has 0 heteroatoms. The Morgan fingerprint density at radius 1 is 0.300 bits per heavy atom. The molecule has 0 rings (SSSR count). The maximum Gasteiger partial charge on any atom is -0.0412 e. The molecule has 0 aromatic heterocycles. The lowest BCUT2D eigenvalue weighted by molar-refractivity contribution is 0.282. The molecule has 0 aromatic rings. The molecule has 0 aliphatic rings. The smallest absolute Gasteiger partial charge is 0.0412 e. The zero-order valence-electron chi connectivity index (χ0n) is 22.1. The lowest BCUT2D eigenvalue weighted by Gasteiger charge is -2.24. The highest BCUT2D eigenvalue weighted by Crippen LogP contribution is 2.31. The Morgan fingerprint density at radius 3 is 0.867 bits per heavy atom. The van der Waals surface area contributed by atoms with Gasteiger partial charge in [0.25, 0.3) is 0 Å². The van der Waals surface area contributed by atoms with Crippen LogP contribution in [0.25, 0.3) is 0 Å². The molecule has 0 radical (unpaired) electrons. The fraction of sp³-hybridized carbons (Fsp3) is 1.00. The fourth-order valence-electron chi connectivity index (χ4n) is 5.20. The number of unbranched alkanes of at least 4 members (excludes halogenated alkanes) is 15. The van der Waals surface area contributed by atoms with Gasteiger partial charge in [-0.1, -0.05) is 175 Å². The highest BCUT2D eigenvalue weighted by atomic mass is 14.2. The van der Waals surface area contributed by atoms with Gasteiger partial charge in [-0.25, -0.2) is 0 Å². The molecular formula is C30H62. The van der Waals surface area contributed by atoms with Crippen molar-refractivity contribution in [1.82, 2.24) is 0 Å². The second-order valence-electron chi connectivity index (χ2n) is 10.4. The van der Waals surface area contributed by atoms with Crippen LogP contribution in [-0.2, 0) is 0 Å². The summed E-state index contributed by atoms with van der Waals surface area (Å²) in [6.45, 7) is 9.36. The summed E-state index contributed by atoms with van der Waals surface area (Å²) in [6.07, 6.45) is 35.3. The van der Waals surface area contributed by atoms with Gasteiger partial charge in [-0.3, -0.25) is 0 Å². The second-order valence-corrected chi connectivity index (χ2v) is 10.4. The van der Waals surface area contributed by atoms with Gasteiger partial charge in [-0.2, -0.15) is 0 Å². The van der Waals surface area contributed by atoms with E-state index in [1.54, 1.807) is 6.42 Å². The molecule has 0 amide bonds. The Hall–Kier alpha value is 0. The van der Waals surface area contributed by atoms with Crippen LogP contribution in [0, 0.1) is 11.8 Å². The van der Waals surface area contributed by atoms with E-state index in [9.17, 15) is 0 Å². The van der Waals surface area contributed by atoms with E-state index in [0.29, 0.717) is 0 Å². The first-order valence-corrected chi connectivity index (χ1v) is 14.8. The quantitative estimate of drug-likeness (QED) is 0.128. The summed E-state index contributed by atoms with van der Waals surface area (Å²) in [5.74, 6) is 2.05. The number of rotatable bonds is 25. The largest absolute Gasteiger partial charge is 0.0654 e. The van der Waals surface area contributed by atoms with E-state index in [4.69, 9.17) is 0 Å². The normalized spacial score (nSPS) is 12.7. The Bertz CT molecular complexity index is 280. The molecule has 0 saturated heterocycles. The number of hydrogen-bond donors (Lipinski definition) is 0. The van der Waals surface area contributed by atoms with E-state index < -0.39 is 0 Å². The molecule has 0 aliphatic heterocycles. The van der Waals surface area contributed by atoms with Crippen molar-refractivity contribution in [1.29, 1.82) is 0 Å². The third-order valence-electron chi connectivity index (χ3n) is 7.28. The van der Waals surface area contributed by atoms with Crippen molar-refractivity contribution in [2.75, 3.05) is 0 Å². The summed E-state index contributed by atoms with van der Waals surface area (Å²) in [5, 5.41) is 0. The first kappa shape index (κ1) is 30.0. The van der Waals surface area contributed by atoms with E-state index in [0.717, 1.165) is 11.8 Å². The molecule has 0 spiro atoms. The van der Waals surface area contributed by atoms with Crippen molar-refractivity contribution in [3.63, 3.8) is 0 Å². The van der Waals surface area contributed by atoms with Gasteiger partial charge in [0.1, 0.15) is 0 Å². The Morgan fingerprint density at radius 2 is 0.533 bits per heavy atom. The van der Waals surface area contributed by atoms with E-state index in [1.807, 2.05) is 0 Å². The van der Waals surface area contributed by atoms with Crippen molar-refractivity contribution in [2.24, 2.45) is 11.8 Å². The van der Waals surface area contributed by atoms with Crippen molar-refractivity contribution in [3.8, 4) is 0 Å². The minimum absolute atomic E-state index is 1.03. The number of hydrogen-bond acceptors (Lipinski definition) is 0. The summed E-state index contributed by atoms with van der Waals surface area (Å²) < 4.78 is 0. The van der Waals surface area contributed by atoms with Crippen molar-refractivity contribution in [3.05, 3.63) is 0 Å². The predicted molar refractivity (Wildman–Crippen MR) is 140 cm³/mol. The third-order valence-corrected chi connectivity index (χ3v) is 7.28. The highest BCUT2D eigenvalue weighted by Gasteiger charge is 2.16. The minimum Gasteiger partial charge on any atom is -0.0654 e. The predicted octanol–water partition coefficient (Wildman–Crippen LogP) is 11.7. The molecule has 1 atom stereocenters. The average molecular weight is 423 g/mol. The molecule has 0 nitrogen and oxygen atoms in total. The second kappa shape index (κ2) is 25.3. The van der Waals surface area contributed by atoms with E-state index in [1.165, 1.54) is 148 Å². The van der Waals surface area contributed by atoms with E-state index >= 15 is 0 Å². The SMILES string of the molecule is CCCCCCCCC(CCCCC)CC(CCCCCCC)CCCCCCC. The van der Waals surface area contributed by atoms with Crippen molar-refractivity contribution in [2.45, 2.75) is 182 Å². The highest BCUT2D eigenvalue weighted by molar-refractivity contribution is 4.69. The maximum atomic E-state index is 2.36. The summed E-state index contributed by atoms with van der Waals surface area (Å²) >= 11 is 0. The summed E-state index contributed by atoms with van der Waals surface area (Å²) in [6, 6.07) is 0. The van der Waals surface area contributed by atoms with Crippen molar-refractivity contribution < 1.29 is 0 Å². The average Bonchev–Trinajstić information content (AvgIpc) is 2.75. The van der Waals surface area contributed by atoms with Crippen LogP contribution in [0.5, 0.6) is 0 Å². The van der Waals surface area contributed by atoms with Crippen LogP contribution in [0.3, 0.4) is 0 Å². The third kappa shape index (κ3) is 21.2. The molecular weight excluding hydrogens is 360 g/mol. The van der Waals surface area contributed by atoms with Gasteiger partial charge in [-0.15, -0.1) is 0 Å². The topological polar surface area (TPSA) is 0 Å². The first-order valence-electron chi connectivity index (χ1n) is 14.8. The van der Waals surface area contributed by atoms with Gasteiger partial charge >= 0.3 is 0 Å². The fourth-order valence-corrected chi connectivity index (χ4v) is 5.20. The van der Waals surface area contributed by atoms with E-state index in [2.05, 4.69) is 27.7 Å². The van der Waals surface area contributed by atoms with Crippen LogP contribution in [-0.4, -0.2) is 0 Å². The van der Waals surface area contributed by atoms with Crippen molar-refractivity contribution >= 4 is 0 Å². The molecule has 0 heterocycles. The minimum atomic E-state index is 1.03. The summed E-state index contributed by atoms with van der Waals surface area (Å²) in [5.41, 5.74) is 0. The molecule has 0 bridgehead atoms. The summed E-state index contributed by atoms with van der Waals surface area (Å²) in [4.78, 5) is 0. The van der Waals surface area contributed by atoms with Gasteiger partial charge < -0.3 is 0 Å². The van der Waals surface area contributed by atoms with Gasteiger partial charge in [0, 0.05) is 0 Å². The molecule has 1 unspecified atom stereocenters. The first-order chi connectivity index (χ1) is 14.8. The zero-order chi connectivity index (χ0) is 22.1. The van der Waals surface area contributed by atoms with Gasteiger partial charge in [0.2, 0.25) is 0 Å². The van der Waals surface area contributed by atoms with Gasteiger partial charge in [0.15, 0.2) is 0 Å². The molecule has 0 N–H and O–H groups in total. The Balaban J connectivity index is 4.43. The molecule has 30 heavy (non-hydrogen) atoms. The monoisotopic (exact) mass is 422 g/mol. The van der Waals surface area contributed by atoms with Gasteiger partial charge in [-0.05, 0) is 18.3 Å². The summed E-state index contributed by atoms with van der Waals surface area (Å²) in [7, 11) is 0. The van der Waals surface area contributed by atoms with Crippen LogP contribution in [0.2, 0.25) is 0 Å². The van der Waals surface area contributed by atoms with Crippen LogP contribution >= 0.6 is 0 Å². The lowest BCUT2D eigenvalue weighted by Crippen LogP contribution is -2.10. The lowest BCUT2D eigenvalue weighted by atomic mass is 9.82. The Kier molecular flexibility index (Phi) is 25.3. The van der Waals surface area contributed by atoms with Crippen LogP contribution in [0.1, 0.15) is 182 Å². The molecule has 0 saturated carbocycles. The zero-order valence-corrected chi connectivity index (χ0v) is 22.1.